The molecule has 9 heteroatoms. The minimum atomic E-state index is 0.344. The maximum atomic E-state index is 6.15. The number of nitrogens with two attached hydrogens (primary N) is 1. The number of nitrogens with one attached hydrogen (secondary N) is 1. The van der Waals surface area contributed by atoms with E-state index in [4.69, 9.17) is 22.2 Å². The largest absolute Gasteiger partial charge is 0.497 e. The van der Waals surface area contributed by atoms with Crippen molar-refractivity contribution in [3.63, 3.8) is 0 Å². The number of hydrazone groups is 1. The Labute approximate surface area is 160 Å². The number of rotatable bonds is 7. The number of thioether (sulfide) groups is 1. The second kappa shape index (κ2) is 8.59. The topological polar surface area (TPSA) is 90.3 Å². The van der Waals surface area contributed by atoms with E-state index in [0.29, 0.717) is 21.9 Å². The van der Waals surface area contributed by atoms with E-state index in [-0.39, 0.29) is 0 Å². The smallest absolute Gasteiger partial charge is 0.264 e. The Morgan fingerprint density at radius 2 is 2.00 bits per heavy atom. The van der Waals surface area contributed by atoms with Crippen LogP contribution in [0.1, 0.15) is 11.1 Å². The SMILES string of the molecule is COc1ccc(/C=N/Nc2nnc(SCc3ccccc3Cl)n2N)cc1. The number of hydrogen-bond acceptors (Lipinski definition) is 7. The lowest BCUT2D eigenvalue weighted by atomic mass is 10.2. The maximum Gasteiger partial charge on any atom is 0.264 e. The molecule has 3 rings (SSSR count). The summed E-state index contributed by atoms with van der Waals surface area (Å²) in [7, 11) is 1.63. The fraction of sp³-hybridized carbons (Fsp3) is 0.118. The van der Waals surface area contributed by atoms with Crippen LogP contribution in [0.15, 0.2) is 58.8 Å². The Hall–Kier alpha value is -2.71. The van der Waals surface area contributed by atoms with Crippen LogP contribution in [0.3, 0.4) is 0 Å². The molecular formula is C17H17ClN6OS. The molecule has 0 fully saturated rings. The second-order valence-electron chi connectivity index (χ2n) is 5.20. The van der Waals surface area contributed by atoms with Crippen molar-refractivity contribution in [3.05, 3.63) is 64.7 Å². The summed E-state index contributed by atoms with van der Waals surface area (Å²) in [6.45, 7) is 0. The number of ether oxygens (including phenoxy) is 1. The van der Waals surface area contributed by atoms with Gasteiger partial charge in [0.25, 0.3) is 5.95 Å². The van der Waals surface area contributed by atoms with Gasteiger partial charge in [0.1, 0.15) is 5.75 Å². The molecule has 0 aliphatic carbocycles. The minimum absolute atomic E-state index is 0.344. The zero-order valence-electron chi connectivity index (χ0n) is 14.0. The van der Waals surface area contributed by atoms with Gasteiger partial charge in [0.05, 0.1) is 13.3 Å². The van der Waals surface area contributed by atoms with Gasteiger partial charge in [-0.15, -0.1) is 10.2 Å². The van der Waals surface area contributed by atoms with Gasteiger partial charge in [-0.1, -0.05) is 41.6 Å². The number of nitrogen functional groups attached to an aromatic ring is 1. The van der Waals surface area contributed by atoms with E-state index < -0.39 is 0 Å². The van der Waals surface area contributed by atoms with Gasteiger partial charge in [0, 0.05) is 10.8 Å². The standard InChI is InChI=1S/C17H17ClN6OS/c1-25-14-8-6-12(7-9-14)10-20-21-16-22-23-17(24(16)19)26-11-13-4-2-3-5-15(13)18/h2-10H,11,19H2,1H3,(H,21,22)/b20-10+. The Morgan fingerprint density at radius 1 is 1.23 bits per heavy atom. The van der Waals surface area contributed by atoms with Gasteiger partial charge in [-0.05, 0) is 41.5 Å². The number of benzene rings is 2. The zero-order valence-corrected chi connectivity index (χ0v) is 15.5. The van der Waals surface area contributed by atoms with E-state index in [1.54, 1.807) is 13.3 Å². The summed E-state index contributed by atoms with van der Waals surface area (Å²) in [5.41, 5.74) is 4.70. The molecule has 134 valence electrons. The van der Waals surface area contributed by atoms with E-state index in [0.717, 1.165) is 16.9 Å². The van der Waals surface area contributed by atoms with Crippen molar-refractivity contribution < 1.29 is 4.74 Å². The monoisotopic (exact) mass is 388 g/mol. The van der Waals surface area contributed by atoms with Crippen LogP contribution in [0.5, 0.6) is 5.75 Å². The number of aromatic nitrogens is 3. The first-order valence-corrected chi connectivity index (χ1v) is 9.03. The molecule has 0 aliphatic rings. The third kappa shape index (κ3) is 4.47. The summed E-state index contributed by atoms with van der Waals surface area (Å²) in [5, 5.41) is 13.5. The zero-order chi connectivity index (χ0) is 18.4. The number of anilines is 1. The first kappa shape index (κ1) is 18.1. The van der Waals surface area contributed by atoms with Crippen molar-refractivity contribution in [2.24, 2.45) is 5.10 Å². The molecule has 0 bridgehead atoms. The Balaban J connectivity index is 1.59. The highest BCUT2D eigenvalue weighted by Gasteiger charge is 2.10. The Morgan fingerprint density at radius 3 is 2.73 bits per heavy atom. The summed E-state index contributed by atoms with van der Waals surface area (Å²) in [6, 6.07) is 15.1. The van der Waals surface area contributed by atoms with Gasteiger partial charge in [0.2, 0.25) is 5.16 Å². The summed E-state index contributed by atoms with van der Waals surface area (Å²) in [4.78, 5) is 0. The molecule has 1 heterocycles. The molecule has 0 amide bonds. The third-order valence-electron chi connectivity index (χ3n) is 3.47. The van der Waals surface area contributed by atoms with Crippen molar-refractivity contribution in [1.29, 1.82) is 0 Å². The van der Waals surface area contributed by atoms with Crippen LogP contribution in [0.2, 0.25) is 5.02 Å². The lowest BCUT2D eigenvalue weighted by molar-refractivity contribution is 0.415. The van der Waals surface area contributed by atoms with Crippen molar-refractivity contribution in [1.82, 2.24) is 14.9 Å². The number of hydrogen-bond donors (Lipinski definition) is 2. The summed E-state index contributed by atoms with van der Waals surface area (Å²) < 4.78 is 6.47. The number of nitrogens with zero attached hydrogens (tertiary/aromatic N) is 4. The summed E-state index contributed by atoms with van der Waals surface area (Å²) in [6.07, 6.45) is 1.66. The summed E-state index contributed by atoms with van der Waals surface area (Å²) >= 11 is 7.60. The van der Waals surface area contributed by atoms with Gasteiger partial charge >= 0.3 is 0 Å². The van der Waals surface area contributed by atoms with Crippen LogP contribution in [0, 0.1) is 0 Å². The second-order valence-corrected chi connectivity index (χ2v) is 6.55. The molecule has 0 radical (unpaired) electrons. The molecule has 0 spiro atoms. The van der Waals surface area contributed by atoms with Crippen LogP contribution >= 0.6 is 23.4 Å². The fourth-order valence-electron chi connectivity index (χ4n) is 2.06. The van der Waals surface area contributed by atoms with Crippen LogP contribution < -0.4 is 16.0 Å². The van der Waals surface area contributed by atoms with Crippen molar-refractivity contribution >= 4 is 35.5 Å². The molecule has 2 aromatic carbocycles. The minimum Gasteiger partial charge on any atom is -0.497 e. The van der Waals surface area contributed by atoms with Gasteiger partial charge in [-0.25, -0.2) is 10.1 Å². The highest BCUT2D eigenvalue weighted by molar-refractivity contribution is 7.98. The van der Waals surface area contributed by atoms with Gasteiger partial charge < -0.3 is 10.6 Å². The van der Waals surface area contributed by atoms with Gasteiger partial charge in [-0.2, -0.15) is 5.10 Å². The average molecular weight is 389 g/mol. The number of halogens is 1. The molecular weight excluding hydrogens is 372 g/mol. The van der Waals surface area contributed by atoms with Crippen LogP contribution in [0.25, 0.3) is 0 Å². The molecule has 0 saturated carbocycles. The van der Waals surface area contributed by atoms with E-state index >= 15 is 0 Å². The first-order valence-electron chi connectivity index (χ1n) is 7.67. The highest BCUT2D eigenvalue weighted by Crippen LogP contribution is 2.25. The first-order chi connectivity index (χ1) is 12.7. The molecule has 3 N–H and O–H groups in total. The highest BCUT2D eigenvalue weighted by atomic mass is 35.5. The lowest BCUT2D eigenvalue weighted by Crippen LogP contribution is -2.13. The number of methoxy groups -OCH3 is 1. The average Bonchev–Trinajstić information content (AvgIpc) is 3.02. The van der Waals surface area contributed by atoms with Gasteiger partial charge in [0.15, 0.2) is 0 Å². The third-order valence-corrected chi connectivity index (χ3v) is 4.83. The molecule has 26 heavy (non-hydrogen) atoms. The fourth-order valence-corrected chi connectivity index (χ4v) is 3.21. The Kier molecular flexibility index (Phi) is 5.98. The molecule has 0 unspecified atom stereocenters. The van der Waals surface area contributed by atoms with E-state index in [1.807, 2.05) is 48.5 Å². The predicted octanol–water partition coefficient (Wildman–Crippen LogP) is 3.39. The molecule has 0 saturated heterocycles. The van der Waals surface area contributed by atoms with E-state index in [2.05, 4.69) is 20.7 Å². The molecule has 1 aromatic heterocycles. The predicted molar refractivity (Wildman–Crippen MR) is 105 cm³/mol. The van der Waals surface area contributed by atoms with Crippen molar-refractivity contribution in [2.45, 2.75) is 10.9 Å². The van der Waals surface area contributed by atoms with Crippen LogP contribution in [0.4, 0.5) is 5.95 Å². The quantitative estimate of drug-likeness (QED) is 0.279. The normalized spacial score (nSPS) is 11.0. The lowest BCUT2D eigenvalue weighted by Gasteiger charge is -2.04. The molecule has 0 atom stereocenters. The van der Waals surface area contributed by atoms with Crippen molar-refractivity contribution in [3.8, 4) is 5.75 Å². The van der Waals surface area contributed by atoms with E-state index in [9.17, 15) is 0 Å². The molecule has 3 aromatic rings. The summed E-state index contributed by atoms with van der Waals surface area (Å²) in [5.74, 6) is 7.78. The van der Waals surface area contributed by atoms with Gasteiger partial charge in [-0.3, -0.25) is 0 Å². The maximum absolute atomic E-state index is 6.15. The van der Waals surface area contributed by atoms with E-state index in [1.165, 1.54) is 16.4 Å². The van der Waals surface area contributed by atoms with Crippen LogP contribution in [-0.4, -0.2) is 28.2 Å². The van der Waals surface area contributed by atoms with Crippen LogP contribution in [-0.2, 0) is 5.75 Å². The molecule has 0 aliphatic heterocycles. The molecule has 7 nitrogen and oxygen atoms in total. The Bertz CT molecular complexity index is 897. The van der Waals surface area contributed by atoms with Crippen molar-refractivity contribution in [2.75, 3.05) is 18.4 Å².